The maximum Gasteiger partial charge on any atom is 0.178 e. The van der Waals surface area contributed by atoms with E-state index in [-0.39, 0.29) is 31.8 Å². The second kappa shape index (κ2) is 6.80. The van der Waals surface area contributed by atoms with E-state index in [2.05, 4.69) is 0 Å². The van der Waals surface area contributed by atoms with Crippen molar-refractivity contribution in [3.63, 3.8) is 0 Å². The highest BCUT2D eigenvalue weighted by atomic mass is 16.3. The van der Waals surface area contributed by atoms with Crippen LogP contribution in [0.1, 0.15) is 26.7 Å². The van der Waals surface area contributed by atoms with Gasteiger partial charge in [0.05, 0.1) is 12.6 Å². The lowest BCUT2D eigenvalue weighted by Gasteiger charge is -2.28. The van der Waals surface area contributed by atoms with Crippen molar-refractivity contribution in [2.24, 2.45) is 16.9 Å². The number of ketones is 2. The summed E-state index contributed by atoms with van der Waals surface area (Å²) in [4.78, 5) is 23.0. The van der Waals surface area contributed by atoms with Gasteiger partial charge in [-0.25, -0.2) is 0 Å². The monoisotopic (exact) mass is 246 g/mol. The maximum atomic E-state index is 11.7. The van der Waals surface area contributed by atoms with Crippen LogP contribution < -0.4 is 11.5 Å². The zero-order valence-corrected chi connectivity index (χ0v) is 10.3. The molecule has 0 amide bonds. The lowest BCUT2D eigenvalue weighted by atomic mass is 9.82. The molecule has 100 valence electrons. The van der Waals surface area contributed by atoms with Gasteiger partial charge in [0.25, 0.3) is 0 Å². The zero-order valence-electron chi connectivity index (χ0n) is 10.3. The number of carbonyl (C=O) groups excluding carboxylic acids is 2. The second-order valence-corrected chi connectivity index (χ2v) is 4.84. The summed E-state index contributed by atoms with van der Waals surface area (Å²) in [7, 11) is 0. The molecule has 6 heteroatoms. The largest absolute Gasteiger partial charge is 0.396 e. The standard InChI is InChI=1S/C11H22N2O4/c1-11(2,6-14)10(17)9(16)8(13)5-7(15)3-4-12/h8,10,14,17H,3-6,12-13H2,1-2H3. The molecule has 17 heavy (non-hydrogen) atoms. The maximum absolute atomic E-state index is 11.7. The van der Waals surface area contributed by atoms with Crippen molar-refractivity contribution < 1.29 is 19.8 Å². The van der Waals surface area contributed by atoms with Crippen LogP contribution in [-0.4, -0.2) is 47.1 Å². The van der Waals surface area contributed by atoms with Crippen molar-refractivity contribution in [3.05, 3.63) is 0 Å². The van der Waals surface area contributed by atoms with Gasteiger partial charge in [0.1, 0.15) is 11.9 Å². The molecule has 0 aliphatic heterocycles. The number of nitrogens with two attached hydrogens (primary N) is 2. The second-order valence-electron chi connectivity index (χ2n) is 4.84. The van der Waals surface area contributed by atoms with Crippen LogP contribution in [0.2, 0.25) is 0 Å². The highest BCUT2D eigenvalue weighted by Gasteiger charge is 2.35. The lowest BCUT2D eigenvalue weighted by molar-refractivity contribution is -0.137. The van der Waals surface area contributed by atoms with Crippen molar-refractivity contribution >= 4 is 11.6 Å². The van der Waals surface area contributed by atoms with Gasteiger partial charge < -0.3 is 21.7 Å². The van der Waals surface area contributed by atoms with Crippen molar-refractivity contribution in [2.45, 2.75) is 38.8 Å². The average Bonchev–Trinajstić information content (AvgIpc) is 2.27. The van der Waals surface area contributed by atoms with Gasteiger partial charge in [-0.2, -0.15) is 0 Å². The molecule has 0 spiro atoms. The molecule has 0 bridgehead atoms. The van der Waals surface area contributed by atoms with Crippen molar-refractivity contribution in [1.29, 1.82) is 0 Å². The van der Waals surface area contributed by atoms with E-state index >= 15 is 0 Å². The van der Waals surface area contributed by atoms with Crippen LogP contribution >= 0.6 is 0 Å². The Balaban J connectivity index is 4.45. The lowest BCUT2D eigenvalue weighted by Crippen LogP contribution is -2.47. The van der Waals surface area contributed by atoms with Crippen molar-refractivity contribution in [2.75, 3.05) is 13.2 Å². The van der Waals surface area contributed by atoms with Gasteiger partial charge in [-0.05, 0) is 6.54 Å². The van der Waals surface area contributed by atoms with Crippen LogP contribution in [0.4, 0.5) is 0 Å². The molecule has 0 radical (unpaired) electrons. The van der Waals surface area contributed by atoms with Crippen LogP contribution in [0.3, 0.4) is 0 Å². The summed E-state index contributed by atoms with van der Waals surface area (Å²) in [6, 6.07) is -1.05. The first kappa shape index (κ1) is 16.2. The predicted octanol–water partition coefficient (Wildman–Crippen LogP) is -1.43. The number of rotatable bonds is 8. The number of hydrogen-bond donors (Lipinski definition) is 4. The minimum atomic E-state index is -1.38. The Bertz CT molecular complexity index is 279. The van der Waals surface area contributed by atoms with E-state index in [4.69, 9.17) is 16.6 Å². The Hall–Kier alpha value is -0.820. The van der Waals surface area contributed by atoms with Gasteiger partial charge in [-0.1, -0.05) is 13.8 Å². The van der Waals surface area contributed by atoms with Gasteiger partial charge >= 0.3 is 0 Å². The number of carbonyl (C=O) groups is 2. The Kier molecular flexibility index (Phi) is 6.48. The van der Waals surface area contributed by atoms with E-state index in [0.717, 1.165) is 0 Å². The van der Waals surface area contributed by atoms with Gasteiger partial charge in [0.15, 0.2) is 5.78 Å². The molecular formula is C11H22N2O4. The van der Waals surface area contributed by atoms with E-state index in [1.165, 1.54) is 0 Å². The Labute approximate surface area is 101 Å². The van der Waals surface area contributed by atoms with Gasteiger partial charge in [0.2, 0.25) is 0 Å². The normalized spacial score (nSPS) is 15.4. The molecule has 0 fully saturated rings. The molecular weight excluding hydrogens is 224 g/mol. The molecule has 0 rings (SSSR count). The van der Waals surface area contributed by atoms with Crippen molar-refractivity contribution in [3.8, 4) is 0 Å². The third-order valence-corrected chi connectivity index (χ3v) is 2.65. The Morgan fingerprint density at radius 2 is 1.88 bits per heavy atom. The summed E-state index contributed by atoms with van der Waals surface area (Å²) in [6.45, 7) is 2.96. The van der Waals surface area contributed by atoms with Crippen molar-refractivity contribution in [1.82, 2.24) is 0 Å². The van der Waals surface area contributed by atoms with Crippen LogP contribution in [0.5, 0.6) is 0 Å². The minimum absolute atomic E-state index is 0.130. The zero-order chi connectivity index (χ0) is 13.6. The number of hydrogen-bond acceptors (Lipinski definition) is 6. The molecule has 0 aromatic carbocycles. The molecule has 0 heterocycles. The molecule has 0 aromatic rings. The highest BCUT2D eigenvalue weighted by Crippen LogP contribution is 2.21. The molecule has 0 saturated carbocycles. The summed E-state index contributed by atoms with van der Waals surface area (Å²) >= 11 is 0. The van der Waals surface area contributed by atoms with Crippen LogP contribution in [0, 0.1) is 5.41 Å². The summed E-state index contributed by atoms with van der Waals surface area (Å²) in [5, 5.41) is 18.8. The first-order valence-electron chi connectivity index (χ1n) is 5.56. The minimum Gasteiger partial charge on any atom is -0.396 e. The average molecular weight is 246 g/mol. The first-order chi connectivity index (χ1) is 7.76. The smallest absolute Gasteiger partial charge is 0.178 e. The molecule has 2 atom stereocenters. The highest BCUT2D eigenvalue weighted by molar-refractivity contribution is 5.93. The van der Waals surface area contributed by atoms with E-state index in [0.29, 0.717) is 0 Å². The number of Topliss-reactive ketones (excluding diaryl/α,β-unsaturated/α-hetero) is 2. The third-order valence-electron chi connectivity index (χ3n) is 2.65. The van der Waals surface area contributed by atoms with Crippen LogP contribution in [-0.2, 0) is 9.59 Å². The van der Waals surface area contributed by atoms with E-state index < -0.39 is 23.3 Å². The van der Waals surface area contributed by atoms with Gasteiger partial charge in [-0.15, -0.1) is 0 Å². The summed E-state index contributed by atoms with van der Waals surface area (Å²) < 4.78 is 0. The predicted molar refractivity (Wildman–Crippen MR) is 63.2 cm³/mol. The molecule has 0 aliphatic rings. The quantitative estimate of drug-likeness (QED) is 0.416. The summed E-state index contributed by atoms with van der Waals surface area (Å²) in [5.74, 6) is -0.836. The van der Waals surface area contributed by atoms with Gasteiger partial charge in [-0.3, -0.25) is 9.59 Å². The molecule has 0 saturated heterocycles. The SMILES string of the molecule is CC(C)(CO)C(O)C(=O)C(N)CC(=O)CCN. The topological polar surface area (TPSA) is 127 Å². The third kappa shape index (κ3) is 4.91. The van der Waals surface area contributed by atoms with Crippen LogP contribution in [0.15, 0.2) is 0 Å². The molecule has 2 unspecified atom stereocenters. The molecule has 6 nitrogen and oxygen atoms in total. The first-order valence-corrected chi connectivity index (χ1v) is 5.56. The van der Waals surface area contributed by atoms with Crippen LogP contribution in [0.25, 0.3) is 0 Å². The molecule has 0 aromatic heterocycles. The van der Waals surface area contributed by atoms with E-state index in [9.17, 15) is 14.7 Å². The molecule has 0 aliphatic carbocycles. The number of aliphatic hydroxyl groups excluding tert-OH is 2. The fourth-order valence-electron chi connectivity index (χ4n) is 1.28. The fourth-order valence-corrected chi connectivity index (χ4v) is 1.28. The Morgan fingerprint density at radius 1 is 1.35 bits per heavy atom. The van der Waals surface area contributed by atoms with Gasteiger partial charge in [0, 0.05) is 18.3 Å². The summed E-state index contributed by atoms with van der Waals surface area (Å²) in [6.07, 6.45) is -1.34. The summed E-state index contributed by atoms with van der Waals surface area (Å²) in [5.41, 5.74) is 9.78. The Morgan fingerprint density at radius 3 is 2.29 bits per heavy atom. The fraction of sp³-hybridized carbons (Fsp3) is 0.818. The molecule has 6 N–H and O–H groups in total. The number of aliphatic hydroxyl groups is 2. The van der Waals surface area contributed by atoms with E-state index in [1.807, 2.05) is 0 Å². The van der Waals surface area contributed by atoms with E-state index in [1.54, 1.807) is 13.8 Å².